The van der Waals surface area contributed by atoms with Crippen LogP contribution in [0.3, 0.4) is 0 Å². The second kappa shape index (κ2) is 4.44. The van der Waals surface area contributed by atoms with Crippen molar-refractivity contribution in [3.63, 3.8) is 0 Å². The van der Waals surface area contributed by atoms with E-state index in [2.05, 4.69) is 0 Å². The molecular formula is C10H15NO3S2. The van der Waals surface area contributed by atoms with Crippen molar-refractivity contribution in [1.82, 2.24) is 4.31 Å². The highest BCUT2D eigenvalue weighted by Crippen LogP contribution is 2.26. The van der Waals surface area contributed by atoms with Crippen LogP contribution in [0.15, 0.2) is 16.3 Å². The van der Waals surface area contributed by atoms with Gasteiger partial charge in [-0.05, 0) is 31.9 Å². The van der Waals surface area contributed by atoms with Crippen LogP contribution in [0.4, 0.5) is 0 Å². The van der Waals surface area contributed by atoms with Gasteiger partial charge in [-0.2, -0.15) is 4.31 Å². The molecule has 0 spiro atoms. The zero-order valence-electron chi connectivity index (χ0n) is 9.09. The van der Waals surface area contributed by atoms with E-state index in [9.17, 15) is 13.5 Å². The molecule has 2 heterocycles. The minimum atomic E-state index is -3.32. The Labute approximate surface area is 99.6 Å². The van der Waals surface area contributed by atoms with Crippen molar-refractivity contribution in [2.75, 3.05) is 13.1 Å². The second-order valence-corrected chi connectivity index (χ2v) is 7.45. The van der Waals surface area contributed by atoms with Gasteiger partial charge in [0.2, 0.25) is 0 Å². The molecule has 1 aliphatic rings. The van der Waals surface area contributed by atoms with Gasteiger partial charge in [0, 0.05) is 18.0 Å². The van der Waals surface area contributed by atoms with Gasteiger partial charge in [-0.15, -0.1) is 11.3 Å². The third-order valence-corrected chi connectivity index (χ3v) is 6.10. The van der Waals surface area contributed by atoms with Gasteiger partial charge in [-0.3, -0.25) is 0 Å². The fraction of sp³-hybridized carbons (Fsp3) is 0.600. The summed E-state index contributed by atoms with van der Waals surface area (Å²) in [7, 11) is -3.32. The molecule has 0 unspecified atom stereocenters. The molecule has 6 heteroatoms. The molecule has 0 radical (unpaired) electrons. The van der Waals surface area contributed by atoms with Crippen molar-refractivity contribution in [3.8, 4) is 0 Å². The number of nitrogens with zero attached hydrogens (tertiary/aromatic N) is 1. The number of sulfonamides is 1. The molecule has 1 fully saturated rings. The molecule has 1 N–H and O–H groups in total. The van der Waals surface area contributed by atoms with E-state index < -0.39 is 10.0 Å². The largest absolute Gasteiger partial charge is 0.393 e. The van der Waals surface area contributed by atoms with Crippen molar-refractivity contribution < 1.29 is 13.5 Å². The number of aliphatic hydroxyl groups excluding tert-OH is 1. The average Bonchev–Trinajstić information content (AvgIpc) is 2.66. The van der Waals surface area contributed by atoms with E-state index in [0.29, 0.717) is 30.1 Å². The summed E-state index contributed by atoms with van der Waals surface area (Å²) in [5.74, 6) is 0. The van der Waals surface area contributed by atoms with Crippen LogP contribution in [0.25, 0.3) is 0 Å². The third kappa shape index (κ3) is 2.29. The number of hydrogen-bond acceptors (Lipinski definition) is 4. The fourth-order valence-electron chi connectivity index (χ4n) is 1.76. The maximum absolute atomic E-state index is 12.2. The van der Waals surface area contributed by atoms with Crippen molar-refractivity contribution in [3.05, 3.63) is 17.0 Å². The number of hydrogen-bond donors (Lipinski definition) is 1. The molecule has 90 valence electrons. The van der Waals surface area contributed by atoms with Gasteiger partial charge in [0.05, 0.1) is 6.10 Å². The molecule has 0 saturated carbocycles. The van der Waals surface area contributed by atoms with Gasteiger partial charge >= 0.3 is 0 Å². The summed E-state index contributed by atoms with van der Waals surface area (Å²) in [4.78, 5) is 0.996. The molecule has 1 aliphatic heterocycles. The van der Waals surface area contributed by atoms with Crippen LogP contribution in [0.5, 0.6) is 0 Å². The first-order valence-electron chi connectivity index (χ1n) is 5.25. The van der Waals surface area contributed by atoms with E-state index >= 15 is 0 Å². The predicted molar refractivity (Wildman–Crippen MR) is 63.1 cm³/mol. The Morgan fingerprint density at radius 1 is 1.38 bits per heavy atom. The van der Waals surface area contributed by atoms with Gasteiger partial charge in [0.15, 0.2) is 0 Å². The van der Waals surface area contributed by atoms with Crippen LogP contribution >= 0.6 is 11.3 Å². The number of rotatable bonds is 2. The summed E-state index contributed by atoms with van der Waals surface area (Å²) in [5, 5.41) is 9.35. The average molecular weight is 261 g/mol. The zero-order valence-corrected chi connectivity index (χ0v) is 10.7. The maximum atomic E-state index is 12.2. The molecule has 2 rings (SSSR count). The smallest absolute Gasteiger partial charge is 0.252 e. The Bertz CT molecular complexity index is 458. The predicted octanol–water partition coefficient (Wildman–Crippen LogP) is 1.20. The number of aliphatic hydroxyl groups is 1. The Balaban J connectivity index is 2.20. The molecule has 16 heavy (non-hydrogen) atoms. The fourth-order valence-corrected chi connectivity index (χ4v) is 4.67. The summed E-state index contributed by atoms with van der Waals surface area (Å²) < 4.78 is 26.2. The molecule has 0 atom stereocenters. The van der Waals surface area contributed by atoms with Gasteiger partial charge in [0.25, 0.3) is 10.0 Å². The highest BCUT2D eigenvalue weighted by Gasteiger charge is 2.29. The van der Waals surface area contributed by atoms with Crippen molar-refractivity contribution >= 4 is 21.4 Å². The lowest BCUT2D eigenvalue weighted by atomic mass is 10.1. The lowest BCUT2D eigenvalue weighted by Gasteiger charge is -2.28. The first-order valence-corrected chi connectivity index (χ1v) is 7.50. The van der Waals surface area contributed by atoms with E-state index in [4.69, 9.17) is 0 Å². The minimum absolute atomic E-state index is 0.350. The van der Waals surface area contributed by atoms with Crippen LogP contribution in [0, 0.1) is 6.92 Å². The first-order chi connectivity index (χ1) is 7.50. The lowest BCUT2D eigenvalue weighted by molar-refractivity contribution is 0.113. The number of thiophene rings is 1. The van der Waals surface area contributed by atoms with E-state index in [1.54, 1.807) is 6.07 Å². The van der Waals surface area contributed by atoms with E-state index in [1.165, 1.54) is 15.6 Å². The Morgan fingerprint density at radius 3 is 2.50 bits per heavy atom. The molecule has 0 bridgehead atoms. The maximum Gasteiger partial charge on any atom is 0.252 e. The van der Waals surface area contributed by atoms with Crippen molar-refractivity contribution in [1.29, 1.82) is 0 Å². The van der Waals surface area contributed by atoms with E-state index in [1.807, 2.05) is 13.0 Å². The monoisotopic (exact) mass is 261 g/mol. The summed E-state index contributed by atoms with van der Waals surface area (Å²) in [5.41, 5.74) is 0. The highest BCUT2D eigenvalue weighted by atomic mass is 32.2. The molecular weight excluding hydrogens is 246 g/mol. The van der Waals surface area contributed by atoms with Crippen LogP contribution in [0.2, 0.25) is 0 Å². The summed E-state index contributed by atoms with van der Waals surface area (Å²) >= 11 is 1.30. The van der Waals surface area contributed by atoms with Crippen LogP contribution in [-0.2, 0) is 10.0 Å². The molecule has 0 aliphatic carbocycles. The standard InChI is InChI=1S/C10H15NO3S2/c1-8-2-3-10(15-8)16(13,14)11-6-4-9(12)5-7-11/h2-3,9,12H,4-7H2,1H3. The Morgan fingerprint density at radius 2 is 2.00 bits per heavy atom. The van der Waals surface area contributed by atoms with Crippen LogP contribution < -0.4 is 0 Å². The first kappa shape index (κ1) is 12.0. The summed E-state index contributed by atoms with van der Waals surface area (Å²) in [6, 6.07) is 3.47. The topological polar surface area (TPSA) is 57.6 Å². The van der Waals surface area contributed by atoms with Gasteiger partial charge in [-0.25, -0.2) is 8.42 Å². The Kier molecular flexibility index (Phi) is 3.34. The van der Waals surface area contributed by atoms with Gasteiger partial charge < -0.3 is 5.11 Å². The molecule has 1 aromatic heterocycles. The van der Waals surface area contributed by atoms with Gasteiger partial charge in [-0.1, -0.05) is 0 Å². The zero-order chi connectivity index (χ0) is 11.8. The van der Waals surface area contributed by atoms with Crippen LogP contribution in [0.1, 0.15) is 17.7 Å². The molecule has 0 amide bonds. The highest BCUT2D eigenvalue weighted by molar-refractivity contribution is 7.91. The summed E-state index contributed by atoms with van der Waals surface area (Å²) in [6.07, 6.45) is 0.712. The van der Waals surface area contributed by atoms with Crippen LogP contribution in [-0.4, -0.2) is 37.0 Å². The lowest BCUT2D eigenvalue weighted by Crippen LogP contribution is -2.39. The molecule has 0 aromatic carbocycles. The normalized spacial score (nSPS) is 20.1. The minimum Gasteiger partial charge on any atom is -0.393 e. The number of piperidine rings is 1. The third-order valence-electron chi connectivity index (χ3n) is 2.73. The number of aryl methyl sites for hydroxylation is 1. The van der Waals surface area contributed by atoms with E-state index in [0.717, 1.165) is 4.88 Å². The van der Waals surface area contributed by atoms with Crippen molar-refractivity contribution in [2.24, 2.45) is 0 Å². The quantitative estimate of drug-likeness (QED) is 0.870. The van der Waals surface area contributed by atoms with Crippen molar-refractivity contribution in [2.45, 2.75) is 30.1 Å². The van der Waals surface area contributed by atoms with Gasteiger partial charge in [0.1, 0.15) is 4.21 Å². The Hall–Kier alpha value is -0.430. The summed E-state index contributed by atoms with van der Waals surface area (Å²) in [6.45, 7) is 2.73. The van der Waals surface area contributed by atoms with E-state index in [-0.39, 0.29) is 6.10 Å². The molecule has 1 aromatic rings. The molecule has 4 nitrogen and oxygen atoms in total. The second-order valence-electron chi connectivity index (χ2n) is 4.00. The molecule has 1 saturated heterocycles. The SMILES string of the molecule is Cc1ccc(S(=O)(=O)N2CCC(O)CC2)s1.